The first-order valence-corrected chi connectivity index (χ1v) is 8.68. The van der Waals surface area contributed by atoms with Crippen molar-refractivity contribution < 1.29 is 9.53 Å². The van der Waals surface area contributed by atoms with Gasteiger partial charge in [0.15, 0.2) is 0 Å². The quantitative estimate of drug-likeness (QED) is 0.744. The van der Waals surface area contributed by atoms with E-state index in [-0.39, 0.29) is 5.91 Å². The fraction of sp³-hybridized carbons (Fsp3) is 0.611. The molecule has 1 aromatic carbocycles. The molecule has 128 valence electrons. The molecule has 1 aliphatic heterocycles. The minimum atomic E-state index is 0.0121. The van der Waals surface area contributed by atoms with Gasteiger partial charge in [-0.05, 0) is 51.1 Å². The topological polar surface area (TPSA) is 44.8 Å². The largest absolute Gasteiger partial charge is 0.379 e. The van der Waals surface area contributed by atoms with Crippen LogP contribution in [0.1, 0.15) is 30.6 Å². The Hall–Kier alpha value is -1.59. The minimum Gasteiger partial charge on any atom is -0.379 e. The van der Waals surface area contributed by atoms with Crippen molar-refractivity contribution in [1.29, 1.82) is 0 Å². The smallest absolute Gasteiger partial charge is 0.251 e. The number of carbonyl (C=O) groups excluding carboxylic acids is 1. The Morgan fingerprint density at radius 2 is 1.83 bits per heavy atom. The molecule has 2 rings (SSSR count). The molecule has 1 N–H and O–H groups in total. The molecule has 1 heterocycles. The molecule has 1 amide bonds. The molecule has 23 heavy (non-hydrogen) atoms. The van der Waals surface area contributed by atoms with Gasteiger partial charge in [0.1, 0.15) is 0 Å². The zero-order chi connectivity index (χ0) is 16.5. The highest BCUT2D eigenvalue weighted by Crippen LogP contribution is 2.14. The van der Waals surface area contributed by atoms with Gasteiger partial charge in [0.05, 0.1) is 13.2 Å². The van der Waals surface area contributed by atoms with E-state index in [4.69, 9.17) is 4.74 Å². The molecule has 0 radical (unpaired) electrons. The van der Waals surface area contributed by atoms with E-state index in [1.165, 1.54) is 5.69 Å². The van der Waals surface area contributed by atoms with Crippen LogP contribution in [0.4, 0.5) is 5.69 Å². The number of amides is 1. The SMILES string of the molecule is CCN(CC)c1ccc(C(=O)NCCCN2CCOCC2)cc1. The Bertz CT molecular complexity index is 466. The number of anilines is 1. The van der Waals surface area contributed by atoms with Gasteiger partial charge in [0.25, 0.3) is 5.91 Å². The van der Waals surface area contributed by atoms with E-state index in [2.05, 4.69) is 29.0 Å². The van der Waals surface area contributed by atoms with Crippen LogP contribution < -0.4 is 10.2 Å². The third kappa shape index (κ3) is 5.52. The molecule has 1 aliphatic rings. The maximum atomic E-state index is 12.2. The zero-order valence-corrected chi connectivity index (χ0v) is 14.4. The number of ether oxygens (including phenoxy) is 1. The van der Waals surface area contributed by atoms with Crippen molar-refractivity contribution in [2.75, 3.05) is 57.4 Å². The summed E-state index contributed by atoms with van der Waals surface area (Å²) < 4.78 is 5.33. The van der Waals surface area contributed by atoms with Gasteiger partial charge in [-0.15, -0.1) is 0 Å². The molecule has 5 heteroatoms. The Kier molecular flexibility index (Phi) is 7.36. The van der Waals surface area contributed by atoms with Crippen LogP contribution in [0, 0.1) is 0 Å². The van der Waals surface area contributed by atoms with Crippen LogP contribution in [0.25, 0.3) is 0 Å². The number of morpholine rings is 1. The van der Waals surface area contributed by atoms with Crippen LogP contribution in [0.5, 0.6) is 0 Å². The second-order valence-electron chi connectivity index (χ2n) is 5.78. The van der Waals surface area contributed by atoms with Crippen LogP contribution in [0.15, 0.2) is 24.3 Å². The lowest BCUT2D eigenvalue weighted by atomic mass is 10.2. The first kappa shape index (κ1) is 17.8. The van der Waals surface area contributed by atoms with Gasteiger partial charge >= 0.3 is 0 Å². The fourth-order valence-electron chi connectivity index (χ4n) is 2.84. The average molecular weight is 319 g/mol. The summed E-state index contributed by atoms with van der Waals surface area (Å²) >= 11 is 0. The van der Waals surface area contributed by atoms with E-state index in [1.807, 2.05) is 24.3 Å². The predicted octanol–water partition coefficient (Wildman–Crippen LogP) is 1.98. The first-order valence-electron chi connectivity index (χ1n) is 8.68. The van der Waals surface area contributed by atoms with Crippen LogP contribution in [0.2, 0.25) is 0 Å². The van der Waals surface area contributed by atoms with E-state index in [1.54, 1.807) is 0 Å². The van der Waals surface area contributed by atoms with Crippen molar-refractivity contribution >= 4 is 11.6 Å². The molecule has 1 fully saturated rings. The summed E-state index contributed by atoms with van der Waals surface area (Å²) in [4.78, 5) is 16.8. The summed E-state index contributed by atoms with van der Waals surface area (Å²) in [6.45, 7) is 11.6. The Morgan fingerprint density at radius 1 is 1.17 bits per heavy atom. The monoisotopic (exact) mass is 319 g/mol. The summed E-state index contributed by atoms with van der Waals surface area (Å²) in [5.41, 5.74) is 1.89. The second kappa shape index (κ2) is 9.53. The van der Waals surface area contributed by atoms with Crippen LogP contribution >= 0.6 is 0 Å². The van der Waals surface area contributed by atoms with Crippen LogP contribution in [-0.4, -0.2) is 63.3 Å². The molecule has 0 aromatic heterocycles. The second-order valence-corrected chi connectivity index (χ2v) is 5.78. The molecule has 0 unspecified atom stereocenters. The van der Waals surface area contributed by atoms with Crippen molar-refractivity contribution in [3.63, 3.8) is 0 Å². The standard InChI is InChI=1S/C18H29N3O2/c1-3-21(4-2)17-8-6-16(7-9-17)18(22)19-10-5-11-20-12-14-23-15-13-20/h6-9H,3-5,10-15H2,1-2H3,(H,19,22). The molecule has 0 spiro atoms. The predicted molar refractivity (Wildman–Crippen MR) is 94.2 cm³/mol. The van der Waals surface area contributed by atoms with Crippen molar-refractivity contribution in [2.24, 2.45) is 0 Å². The molecule has 0 aliphatic carbocycles. The normalized spacial score (nSPS) is 15.4. The molecular formula is C18H29N3O2. The lowest BCUT2D eigenvalue weighted by Crippen LogP contribution is -2.38. The van der Waals surface area contributed by atoms with E-state index in [0.29, 0.717) is 6.54 Å². The third-order valence-electron chi connectivity index (χ3n) is 4.30. The van der Waals surface area contributed by atoms with Gasteiger partial charge in [-0.2, -0.15) is 0 Å². The van der Waals surface area contributed by atoms with Crippen molar-refractivity contribution in [1.82, 2.24) is 10.2 Å². The maximum absolute atomic E-state index is 12.2. The molecule has 0 atom stereocenters. The number of benzene rings is 1. The van der Waals surface area contributed by atoms with Crippen LogP contribution in [0.3, 0.4) is 0 Å². The van der Waals surface area contributed by atoms with Gasteiger partial charge in [0, 0.05) is 44.0 Å². The molecule has 5 nitrogen and oxygen atoms in total. The lowest BCUT2D eigenvalue weighted by molar-refractivity contribution is 0.0374. The van der Waals surface area contributed by atoms with E-state index >= 15 is 0 Å². The average Bonchev–Trinajstić information content (AvgIpc) is 2.61. The Balaban J connectivity index is 1.72. The number of rotatable bonds is 8. The van der Waals surface area contributed by atoms with Crippen molar-refractivity contribution in [3.8, 4) is 0 Å². The third-order valence-corrected chi connectivity index (χ3v) is 4.30. The molecule has 0 saturated carbocycles. The maximum Gasteiger partial charge on any atom is 0.251 e. The van der Waals surface area contributed by atoms with Crippen molar-refractivity contribution in [3.05, 3.63) is 29.8 Å². The number of carbonyl (C=O) groups is 1. The molecular weight excluding hydrogens is 290 g/mol. The minimum absolute atomic E-state index is 0.0121. The number of nitrogens with one attached hydrogen (secondary N) is 1. The zero-order valence-electron chi connectivity index (χ0n) is 14.4. The van der Waals surface area contributed by atoms with Gasteiger partial charge < -0.3 is 15.0 Å². The lowest BCUT2D eigenvalue weighted by Gasteiger charge is -2.26. The van der Waals surface area contributed by atoms with E-state index < -0.39 is 0 Å². The number of hydrogen-bond acceptors (Lipinski definition) is 4. The summed E-state index contributed by atoms with van der Waals surface area (Å²) in [6.07, 6.45) is 0.975. The van der Waals surface area contributed by atoms with Gasteiger partial charge in [0.2, 0.25) is 0 Å². The van der Waals surface area contributed by atoms with Crippen molar-refractivity contribution in [2.45, 2.75) is 20.3 Å². The molecule has 1 aromatic rings. The summed E-state index contributed by atoms with van der Waals surface area (Å²) in [5, 5.41) is 3.00. The van der Waals surface area contributed by atoms with Gasteiger partial charge in [-0.3, -0.25) is 9.69 Å². The molecule has 0 bridgehead atoms. The Labute approximate surface area is 139 Å². The number of nitrogens with zero attached hydrogens (tertiary/aromatic N) is 2. The highest BCUT2D eigenvalue weighted by Gasteiger charge is 2.10. The first-order chi connectivity index (χ1) is 11.2. The Morgan fingerprint density at radius 3 is 2.43 bits per heavy atom. The van der Waals surface area contributed by atoms with E-state index in [0.717, 1.165) is 57.9 Å². The fourth-order valence-corrected chi connectivity index (χ4v) is 2.84. The highest BCUT2D eigenvalue weighted by molar-refractivity contribution is 5.94. The van der Waals surface area contributed by atoms with Gasteiger partial charge in [-0.25, -0.2) is 0 Å². The highest BCUT2D eigenvalue weighted by atomic mass is 16.5. The number of hydrogen-bond donors (Lipinski definition) is 1. The van der Waals surface area contributed by atoms with E-state index in [9.17, 15) is 4.79 Å². The summed E-state index contributed by atoms with van der Waals surface area (Å²) in [5.74, 6) is 0.0121. The summed E-state index contributed by atoms with van der Waals surface area (Å²) in [7, 11) is 0. The molecule has 1 saturated heterocycles. The summed E-state index contributed by atoms with van der Waals surface area (Å²) in [6, 6.07) is 7.86. The van der Waals surface area contributed by atoms with Gasteiger partial charge in [-0.1, -0.05) is 0 Å². The van der Waals surface area contributed by atoms with Crippen LogP contribution in [-0.2, 0) is 4.74 Å².